The van der Waals surface area contributed by atoms with Crippen molar-refractivity contribution in [1.82, 2.24) is 0 Å². The molecular formula is C101H70N2O2. The van der Waals surface area contributed by atoms with E-state index in [2.05, 4.69) is 394 Å². The summed E-state index contributed by atoms with van der Waals surface area (Å²) in [6, 6.07) is 139. The van der Waals surface area contributed by atoms with Gasteiger partial charge in [-0.1, -0.05) is 317 Å². The molecule has 0 saturated carbocycles. The van der Waals surface area contributed by atoms with E-state index >= 15 is 0 Å². The third kappa shape index (κ3) is 11.2. The molecule has 0 amide bonds. The zero-order chi connectivity index (χ0) is 70.0. The average Bonchev–Trinajstić information content (AvgIpc) is 1.60. The number of anilines is 6. The summed E-state index contributed by atoms with van der Waals surface area (Å²) in [6.45, 7) is 4.68. The number of hydrogen-bond donors (Lipinski definition) is 0. The van der Waals surface area contributed by atoms with E-state index in [4.69, 9.17) is 8.83 Å². The number of para-hydroxylation sites is 3. The molecule has 0 spiro atoms. The molecule has 4 heteroatoms. The highest BCUT2D eigenvalue weighted by Crippen LogP contribution is 2.51. The van der Waals surface area contributed by atoms with Crippen molar-refractivity contribution < 1.29 is 8.83 Å². The van der Waals surface area contributed by atoms with Crippen LogP contribution in [0.15, 0.2) is 397 Å². The summed E-state index contributed by atoms with van der Waals surface area (Å²) >= 11 is 0. The van der Waals surface area contributed by atoms with Gasteiger partial charge in [0.1, 0.15) is 22.3 Å². The second-order valence-electron chi connectivity index (χ2n) is 27.8. The van der Waals surface area contributed by atoms with Crippen LogP contribution in [0.5, 0.6) is 0 Å². The minimum Gasteiger partial charge on any atom is -0.456 e. The van der Waals surface area contributed by atoms with Gasteiger partial charge in [-0.2, -0.15) is 0 Å². The molecule has 105 heavy (non-hydrogen) atoms. The zero-order valence-electron chi connectivity index (χ0n) is 58.2. The first-order valence-corrected chi connectivity index (χ1v) is 36.1. The molecule has 0 aliphatic heterocycles. The van der Waals surface area contributed by atoms with Crippen LogP contribution in [0.2, 0.25) is 0 Å². The van der Waals surface area contributed by atoms with Crippen molar-refractivity contribution in [2.45, 2.75) is 19.3 Å². The molecule has 20 rings (SSSR count). The maximum Gasteiger partial charge on any atom is 0.143 e. The smallest absolute Gasteiger partial charge is 0.143 e. The second-order valence-corrected chi connectivity index (χ2v) is 27.8. The lowest BCUT2D eigenvalue weighted by Gasteiger charge is -2.27. The fourth-order valence-electron chi connectivity index (χ4n) is 16.2. The second kappa shape index (κ2) is 26.1. The molecule has 19 aromatic rings. The van der Waals surface area contributed by atoms with Gasteiger partial charge in [-0.25, -0.2) is 0 Å². The maximum atomic E-state index is 6.82. The molecular weight excluding hydrogens is 1270 g/mol. The molecule has 0 saturated heterocycles. The van der Waals surface area contributed by atoms with Gasteiger partial charge in [0.25, 0.3) is 0 Å². The number of benzene rings is 17. The van der Waals surface area contributed by atoms with E-state index in [0.29, 0.717) is 0 Å². The first kappa shape index (κ1) is 62.5. The van der Waals surface area contributed by atoms with Crippen LogP contribution in [0.3, 0.4) is 0 Å². The minimum atomic E-state index is -0.0369. The van der Waals surface area contributed by atoms with Gasteiger partial charge in [-0.3, -0.25) is 0 Å². The van der Waals surface area contributed by atoms with Crippen molar-refractivity contribution in [3.05, 3.63) is 399 Å². The van der Waals surface area contributed by atoms with E-state index in [9.17, 15) is 0 Å². The average molecular weight is 1340 g/mol. The van der Waals surface area contributed by atoms with E-state index < -0.39 is 0 Å². The van der Waals surface area contributed by atoms with E-state index in [0.717, 1.165) is 106 Å². The Morgan fingerprint density at radius 1 is 0.219 bits per heavy atom. The van der Waals surface area contributed by atoms with Crippen molar-refractivity contribution in [2.75, 3.05) is 9.80 Å². The topological polar surface area (TPSA) is 32.8 Å². The molecule has 4 nitrogen and oxygen atoms in total. The lowest BCUT2D eigenvalue weighted by atomic mass is 9.81. The Kier molecular flexibility index (Phi) is 15.5. The lowest BCUT2D eigenvalue weighted by molar-refractivity contribution is 0.660. The SMILES string of the molecule is CC1(C)c2ccccc2-c2ccc(-c3ccc(N(c4ccc(-c5cccc6oc7ccccc7c56)cc4)c4cccc(-c5ccccc5)c4)cc3)cc21.c1ccc(-c2cccc3c2oc2c(-c4cccc(N(c5ccc(-c6cccc7ccccc67)cc5)c5cccc6ccccc56)c4)cccc23)cc1. The summed E-state index contributed by atoms with van der Waals surface area (Å²) in [6.07, 6.45) is 0. The standard InChI is InChI=1S/C51H37NO.C50H33NO/c1-51(2)46-19-8-6-16-43(46)44-31-26-38(33-47(44)51)35-22-27-39(28-23-35)52(41-15-10-14-37(32-41)34-12-4-3-5-13-34)40-29-24-36(25-30-40)42-18-11-21-49-50(42)45-17-7-9-20-48(45)53-49;1-2-13-36(14-3-1)44-24-11-26-46-47-27-12-25-45(50(47)52-49(44)46)38-19-8-20-40(33-38)51(48-28-10-18-35-16-5-7-22-43(35)48)39-31-29-37(30-32-39)42-23-9-17-34-15-4-6-21-41(34)42/h3-33H,1-2H3;1-33H. The number of rotatable bonds is 12. The van der Waals surface area contributed by atoms with Gasteiger partial charge in [0.05, 0.1) is 5.69 Å². The number of fused-ring (bicyclic) bond motifs is 11. The van der Waals surface area contributed by atoms with Gasteiger partial charge in [-0.15, -0.1) is 0 Å². The van der Waals surface area contributed by atoms with Crippen LogP contribution in [0.1, 0.15) is 25.0 Å². The molecule has 0 atom stereocenters. The Bertz CT molecular complexity index is 6470. The van der Waals surface area contributed by atoms with Crippen LogP contribution in [-0.4, -0.2) is 0 Å². The van der Waals surface area contributed by atoms with E-state index in [-0.39, 0.29) is 5.41 Å². The van der Waals surface area contributed by atoms with Gasteiger partial charge in [-0.05, 0) is 179 Å². The quantitative estimate of drug-likeness (QED) is 0.122. The highest BCUT2D eigenvalue weighted by molar-refractivity contribution is 6.14. The minimum absolute atomic E-state index is 0.0369. The number of furan rings is 2. The molecule has 0 fully saturated rings. The first-order valence-electron chi connectivity index (χ1n) is 36.1. The molecule has 0 unspecified atom stereocenters. The molecule has 0 N–H and O–H groups in total. The Labute approximate surface area is 610 Å². The number of hydrogen-bond acceptors (Lipinski definition) is 4. The Hall–Kier alpha value is -13.5. The fourth-order valence-corrected chi connectivity index (χ4v) is 16.2. The largest absolute Gasteiger partial charge is 0.456 e. The summed E-state index contributed by atoms with van der Waals surface area (Å²) in [5.41, 5.74) is 29.6. The molecule has 1 aliphatic carbocycles. The molecule has 1 aliphatic rings. The van der Waals surface area contributed by atoms with Gasteiger partial charge in [0, 0.05) is 71.9 Å². The van der Waals surface area contributed by atoms with E-state index in [1.165, 1.54) is 82.7 Å². The predicted octanol–water partition coefficient (Wildman–Crippen LogP) is 28.7. The van der Waals surface area contributed by atoms with Crippen LogP contribution in [0, 0.1) is 0 Å². The molecule has 2 aromatic heterocycles. The summed E-state index contributed by atoms with van der Waals surface area (Å²) in [5.74, 6) is 0. The number of nitrogens with zero attached hydrogens (tertiary/aromatic N) is 2. The monoisotopic (exact) mass is 1340 g/mol. The van der Waals surface area contributed by atoms with E-state index in [1.54, 1.807) is 0 Å². The third-order valence-electron chi connectivity index (χ3n) is 21.4. The van der Waals surface area contributed by atoms with Crippen molar-refractivity contribution in [3.63, 3.8) is 0 Å². The maximum absolute atomic E-state index is 6.82. The summed E-state index contributed by atoms with van der Waals surface area (Å²) < 4.78 is 13.0. The summed E-state index contributed by atoms with van der Waals surface area (Å²) in [5, 5.41) is 9.43. The first-order chi connectivity index (χ1) is 51.8. The van der Waals surface area contributed by atoms with Crippen LogP contribution >= 0.6 is 0 Å². The van der Waals surface area contributed by atoms with Gasteiger partial charge >= 0.3 is 0 Å². The molecule has 2 heterocycles. The van der Waals surface area contributed by atoms with Crippen LogP contribution in [-0.2, 0) is 5.41 Å². The Morgan fingerprint density at radius 3 is 1.34 bits per heavy atom. The highest BCUT2D eigenvalue weighted by atomic mass is 16.3. The van der Waals surface area contributed by atoms with Gasteiger partial charge in [0.2, 0.25) is 0 Å². The zero-order valence-corrected chi connectivity index (χ0v) is 58.2. The molecule has 17 aromatic carbocycles. The Morgan fingerprint density at radius 2 is 0.629 bits per heavy atom. The highest BCUT2D eigenvalue weighted by Gasteiger charge is 2.35. The van der Waals surface area contributed by atoms with Crippen molar-refractivity contribution in [1.29, 1.82) is 0 Å². The third-order valence-corrected chi connectivity index (χ3v) is 21.4. The van der Waals surface area contributed by atoms with Crippen molar-refractivity contribution in [3.8, 4) is 77.9 Å². The van der Waals surface area contributed by atoms with Gasteiger partial charge < -0.3 is 18.6 Å². The summed E-state index contributed by atoms with van der Waals surface area (Å²) in [4.78, 5) is 4.74. The van der Waals surface area contributed by atoms with Crippen LogP contribution in [0.25, 0.3) is 143 Å². The molecule has 496 valence electrons. The Balaban J connectivity index is 0.000000144. The van der Waals surface area contributed by atoms with Crippen molar-refractivity contribution in [2.24, 2.45) is 0 Å². The molecule has 0 radical (unpaired) electrons. The van der Waals surface area contributed by atoms with Gasteiger partial charge in [0.15, 0.2) is 0 Å². The van der Waals surface area contributed by atoms with E-state index in [1.807, 2.05) is 18.2 Å². The lowest BCUT2D eigenvalue weighted by Crippen LogP contribution is -2.14. The fraction of sp³-hybridized carbons (Fsp3) is 0.0297. The van der Waals surface area contributed by atoms with Crippen LogP contribution < -0.4 is 9.80 Å². The summed E-state index contributed by atoms with van der Waals surface area (Å²) in [7, 11) is 0. The van der Waals surface area contributed by atoms with Crippen molar-refractivity contribution >= 4 is 99.5 Å². The molecule has 0 bridgehead atoms. The van der Waals surface area contributed by atoms with Crippen LogP contribution in [0.4, 0.5) is 34.1 Å². The predicted molar refractivity (Wildman–Crippen MR) is 442 cm³/mol. The normalized spacial score (nSPS) is 12.2.